The molecule has 2 rings (SSSR count). The zero-order valence-corrected chi connectivity index (χ0v) is 9.47. The van der Waals surface area contributed by atoms with Crippen molar-refractivity contribution < 1.29 is 14.3 Å². The highest BCUT2D eigenvalue weighted by molar-refractivity contribution is 5.98. The number of methoxy groups -OCH3 is 1. The highest BCUT2D eigenvalue weighted by Crippen LogP contribution is 2.26. The Morgan fingerprint density at radius 2 is 2.44 bits per heavy atom. The highest BCUT2D eigenvalue weighted by Gasteiger charge is 2.31. The van der Waals surface area contributed by atoms with Gasteiger partial charge in [-0.1, -0.05) is 0 Å². The second-order valence-corrected chi connectivity index (χ2v) is 4.00. The molecule has 0 spiro atoms. The zero-order chi connectivity index (χ0) is 11.5. The summed E-state index contributed by atoms with van der Waals surface area (Å²) >= 11 is 0. The number of aromatic nitrogens is 1. The number of Topliss-reactive ketones (excluding diaryl/α,β-unsaturated/α-hetero) is 1. The average Bonchev–Trinajstić information content (AvgIpc) is 2.75. The third-order valence-corrected chi connectivity index (χ3v) is 2.79. The second kappa shape index (κ2) is 4.61. The molecular weight excluding hydrogens is 206 g/mol. The monoisotopic (exact) mass is 221 g/mol. The van der Waals surface area contributed by atoms with Gasteiger partial charge in [-0.15, -0.1) is 0 Å². The van der Waals surface area contributed by atoms with Crippen LogP contribution >= 0.6 is 0 Å². The van der Waals surface area contributed by atoms with E-state index in [2.05, 4.69) is 4.98 Å². The third-order valence-electron chi connectivity index (χ3n) is 2.79. The number of rotatable bonds is 3. The van der Waals surface area contributed by atoms with Crippen molar-refractivity contribution in [1.82, 2.24) is 4.98 Å². The Balaban J connectivity index is 2.20. The van der Waals surface area contributed by atoms with Crippen LogP contribution in [-0.4, -0.2) is 30.6 Å². The standard InChI is InChI=1S/C12H15NO3/c1-8-6-9(7-16-8)12(14)11-10(15-2)4-3-5-13-11/h3-5,8-9H,6-7H2,1-2H3. The van der Waals surface area contributed by atoms with E-state index in [0.29, 0.717) is 18.1 Å². The lowest BCUT2D eigenvalue weighted by Gasteiger charge is -2.09. The van der Waals surface area contributed by atoms with E-state index in [4.69, 9.17) is 9.47 Å². The summed E-state index contributed by atoms with van der Waals surface area (Å²) in [6.45, 7) is 2.46. The first-order valence-corrected chi connectivity index (χ1v) is 5.37. The molecule has 1 fully saturated rings. The van der Waals surface area contributed by atoms with Crippen LogP contribution < -0.4 is 4.74 Å². The first-order chi connectivity index (χ1) is 7.72. The van der Waals surface area contributed by atoms with Gasteiger partial charge in [-0.2, -0.15) is 0 Å². The molecule has 1 saturated heterocycles. The van der Waals surface area contributed by atoms with Crippen LogP contribution in [0.2, 0.25) is 0 Å². The van der Waals surface area contributed by atoms with Gasteiger partial charge in [0.05, 0.1) is 25.7 Å². The fraction of sp³-hybridized carbons (Fsp3) is 0.500. The van der Waals surface area contributed by atoms with Crippen LogP contribution in [0.3, 0.4) is 0 Å². The highest BCUT2D eigenvalue weighted by atomic mass is 16.5. The molecule has 1 aromatic heterocycles. The number of carbonyl (C=O) groups excluding carboxylic acids is 1. The molecule has 4 nitrogen and oxygen atoms in total. The van der Waals surface area contributed by atoms with Crippen molar-refractivity contribution in [2.45, 2.75) is 19.4 Å². The van der Waals surface area contributed by atoms with Crippen LogP contribution in [0.1, 0.15) is 23.8 Å². The molecule has 0 amide bonds. The molecule has 1 aromatic rings. The van der Waals surface area contributed by atoms with E-state index in [1.165, 1.54) is 0 Å². The zero-order valence-electron chi connectivity index (χ0n) is 9.47. The summed E-state index contributed by atoms with van der Waals surface area (Å²) in [5, 5.41) is 0. The van der Waals surface area contributed by atoms with Crippen molar-refractivity contribution in [3.8, 4) is 5.75 Å². The molecule has 2 atom stereocenters. The van der Waals surface area contributed by atoms with Crippen LogP contribution in [0, 0.1) is 5.92 Å². The van der Waals surface area contributed by atoms with E-state index in [-0.39, 0.29) is 17.8 Å². The maximum absolute atomic E-state index is 12.1. The minimum absolute atomic E-state index is 0.0156. The molecular formula is C12H15NO3. The predicted molar refractivity (Wildman–Crippen MR) is 58.6 cm³/mol. The lowest BCUT2D eigenvalue weighted by atomic mass is 9.98. The van der Waals surface area contributed by atoms with Gasteiger partial charge in [0.2, 0.25) is 0 Å². The molecule has 1 aliphatic rings. The van der Waals surface area contributed by atoms with Gasteiger partial charge in [0.1, 0.15) is 11.4 Å². The van der Waals surface area contributed by atoms with Crippen molar-refractivity contribution in [2.24, 2.45) is 5.92 Å². The fourth-order valence-corrected chi connectivity index (χ4v) is 1.93. The van der Waals surface area contributed by atoms with Crippen molar-refractivity contribution in [2.75, 3.05) is 13.7 Å². The number of hydrogen-bond acceptors (Lipinski definition) is 4. The average molecular weight is 221 g/mol. The van der Waals surface area contributed by atoms with E-state index in [0.717, 1.165) is 6.42 Å². The van der Waals surface area contributed by atoms with Crippen LogP contribution in [-0.2, 0) is 4.74 Å². The van der Waals surface area contributed by atoms with Crippen molar-refractivity contribution in [3.05, 3.63) is 24.0 Å². The van der Waals surface area contributed by atoms with Gasteiger partial charge in [-0.3, -0.25) is 4.79 Å². The Kier molecular flexibility index (Phi) is 3.19. The Labute approximate surface area is 94.6 Å². The van der Waals surface area contributed by atoms with E-state index in [1.54, 1.807) is 25.4 Å². The Hall–Kier alpha value is -1.42. The van der Waals surface area contributed by atoms with Crippen LogP contribution in [0.4, 0.5) is 0 Å². The summed E-state index contributed by atoms with van der Waals surface area (Å²) in [4.78, 5) is 16.2. The van der Waals surface area contributed by atoms with Crippen LogP contribution in [0.25, 0.3) is 0 Å². The van der Waals surface area contributed by atoms with Crippen molar-refractivity contribution >= 4 is 5.78 Å². The van der Waals surface area contributed by atoms with E-state index in [9.17, 15) is 4.79 Å². The first kappa shape index (κ1) is 11.1. The molecule has 1 aliphatic heterocycles. The lowest BCUT2D eigenvalue weighted by Crippen LogP contribution is -2.17. The molecule has 16 heavy (non-hydrogen) atoms. The Bertz CT molecular complexity index is 392. The number of ether oxygens (including phenoxy) is 2. The molecule has 2 unspecified atom stereocenters. The smallest absolute Gasteiger partial charge is 0.190 e. The minimum atomic E-state index is -0.0844. The molecule has 86 valence electrons. The number of nitrogens with zero attached hydrogens (tertiary/aromatic N) is 1. The molecule has 0 aromatic carbocycles. The van der Waals surface area contributed by atoms with Crippen molar-refractivity contribution in [1.29, 1.82) is 0 Å². The van der Waals surface area contributed by atoms with Gasteiger partial charge in [0.25, 0.3) is 0 Å². The van der Waals surface area contributed by atoms with Crippen LogP contribution in [0.5, 0.6) is 5.75 Å². The summed E-state index contributed by atoms with van der Waals surface area (Å²) in [7, 11) is 1.54. The van der Waals surface area contributed by atoms with Gasteiger partial charge in [0.15, 0.2) is 5.78 Å². The van der Waals surface area contributed by atoms with E-state index >= 15 is 0 Å². The van der Waals surface area contributed by atoms with Gasteiger partial charge < -0.3 is 9.47 Å². The predicted octanol–water partition coefficient (Wildman–Crippen LogP) is 1.70. The summed E-state index contributed by atoms with van der Waals surface area (Å²) < 4.78 is 10.5. The van der Waals surface area contributed by atoms with E-state index in [1.807, 2.05) is 6.92 Å². The van der Waals surface area contributed by atoms with Gasteiger partial charge in [-0.05, 0) is 25.5 Å². The summed E-state index contributed by atoms with van der Waals surface area (Å²) in [6.07, 6.45) is 2.52. The van der Waals surface area contributed by atoms with Crippen molar-refractivity contribution in [3.63, 3.8) is 0 Å². The largest absolute Gasteiger partial charge is 0.494 e. The number of carbonyl (C=O) groups is 1. The summed E-state index contributed by atoms with van der Waals surface area (Å²) in [5.74, 6) is 0.465. The maximum atomic E-state index is 12.1. The molecule has 0 N–H and O–H groups in total. The van der Waals surface area contributed by atoms with Gasteiger partial charge in [0, 0.05) is 6.20 Å². The SMILES string of the molecule is COc1cccnc1C(=O)C1COC(C)C1. The quantitative estimate of drug-likeness (QED) is 0.729. The van der Waals surface area contributed by atoms with Gasteiger partial charge >= 0.3 is 0 Å². The molecule has 0 radical (unpaired) electrons. The molecule has 4 heteroatoms. The van der Waals surface area contributed by atoms with E-state index < -0.39 is 0 Å². The summed E-state index contributed by atoms with van der Waals surface area (Å²) in [5.41, 5.74) is 0.410. The molecule has 0 aliphatic carbocycles. The lowest BCUT2D eigenvalue weighted by molar-refractivity contribution is 0.0870. The number of ketones is 1. The summed E-state index contributed by atoms with van der Waals surface area (Å²) in [6, 6.07) is 3.50. The molecule has 0 bridgehead atoms. The number of pyridine rings is 1. The number of hydrogen-bond donors (Lipinski definition) is 0. The third kappa shape index (κ3) is 2.07. The maximum Gasteiger partial charge on any atom is 0.190 e. The topological polar surface area (TPSA) is 48.4 Å². The fourth-order valence-electron chi connectivity index (χ4n) is 1.93. The normalized spacial score (nSPS) is 24.4. The Morgan fingerprint density at radius 1 is 1.62 bits per heavy atom. The minimum Gasteiger partial charge on any atom is -0.494 e. The Morgan fingerprint density at radius 3 is 3.06 bits per heavy atom. The first-order valence-electron chi connectivity index (χ1n) is 5.37. The second-order valence-electron chi connectivity index (χ2n) is 4.00. The van der Waals surface area contributed by atoms with Crippen LogP contribution in [0.15, 0.2) is 18.3 Å². The molecule has 0 saturated carbocycles. The molecule has 2 heterocycles. The van der Waals surface area contributed by atoms with Gasteiger partial charge in [-0.25, -0.2) is 4.98 Å².